The fraction of sp³-hybridized carbons (Fsp3) is 0.111. The first-order valence-electron chi connectivity index (χ1n) is 10.4. The Kier molecular flexibility index (Phi) is 6.78. The molecule has 0 saturated heterocycles. The second-order valence-corrected chi connectivity index (χ2v) is 8.51. The number of aliphatic imine (C=N–C) groups is 1. The summed E-state index contributed by atoms with van der Waals surface area (Å²) >= 11 is 1.51. The summed E-state index contributed by atoms with van der Waals surface area (Å²) < 4.78 is 6.02. The van der Waals surface area contributed by atoms with E-state index in [9.17, 15) is 4.79 Å². The van der Waals surface area contributed by atoms with Crippen molar-refractivity contribution in [2.45, 2.75) is 20.0 Å². The molecule has 5 heteroatoms. The van der Waals surface area contributed by atoms with Gasteiger partial charge in [-0.3, -0.25) is 4.79 Å². The minimum Gasteiger partial charge on any atom is -0.488 e. The van der Waals surface area contributed by atoms with E-state index in [-0.39, 0.29) is 0 Å². The molecule has 0 aliphatic heterocycles. The molecule has 0 unspecified atom stereocenters. The number of benzene rings is 3. The number of hydrogen-bond donors (Lipinski definition) is 1. The quantitative estimate of drug-likeness (QED) is 0.338. The maximum Gasteiger partial charge on any atom is 0.252 e. The molecule has 32 heavy (non-hydrogen) atoms. The van der Waals surface area contributed by atoms with Crippen LogP contribution >= 0.6 is 11.3 Å². The maximum atomic E-state index is 12.2. The van der Waals surface area contributed by atoms with Crippen molar-refractivity contribution >= 4 is 28.5 Å². The highest BCUT2D eigenvalue weighted by molar-refractivity contribution is 7.16. The van der Waals surface area contributed by atoms with Crippen molar-refractivity contribution < 1.29 is 9.53 Å². The monoisotopic (exact) mass is 440 g/mol. The van der Waals surface area contributed by atoms with Crippen molar-refractivity contribution in [1.29, 1.82) is 0 Å². The van der Waals surface area contributed by atoms with Gasteiger partial charge in [-0.2, -0.15) is 0 Å². The Hall–Kier alpha value is -3.70. The van der Waals surface area contributed by atoms with E-state index in [1.165, 1.54) is 16.9 Å². The average molecular weight is 441 g/mol. The SMILES string of the molecule is Cc1c(Cc2ccccc2)sc(/N=C/c2ccccc2OCc2ccccc2)c1C(N)=O. The Morgan fingerprint density at radius 3 is 2.25 bits per heavy atom. The molecule has 0 aliphatic rings. The number of primary amides is 1. The number of carbonyl (C=O) groups is 1. The van der Waals surface area contributed by atoms with E-state index in [1.54, 1.807) is 6.21 Å². The molecular weight excluding hydrogens is 416 g/mol. The van der Waals surface area contributed by atoms with Crippen LogP contribution in [-0.2, 0) is 13.0 Å². The van der Waals surface area contributed by atoms with Crippen LogP contribution in [0.4, 0.5) is 5.00 Å². The van der Waals surface area contributed by atoms with Gasteiger partial charge in [0.25, 0.3) is 5.91 Å². The maximum absolute atomic E-state index is 12.2. The summed E-state index contributed by atoms with van der Waals surface area (Å²) in [5.41, 5.74) is 10.2. The van der Waals surface area contributed by atoms with Crippen LogP contribution in [0.15, 0.2) is 89.9 Å². The number of nitrogens with zero attached hydrogens (tertiary/aromatic N) is 1. The van der Waals surface area contributed by atoms with E-state index in [0.717, 1.165) is 33.7 Å². The number of hydrogen-bond acceptors (Lipinski definition) is 4. The van der Waals surface area contributed by atoms with Gasteiger partial charge in [0.15, 0.2) is 0 Å². The van der Waals surface area contributed by atoms with Gasteiger partial charge >= 0.3 is 0 Å². The molecule has 0 spiro atoms. The number of thiophene rings is 1. The second-order valence-electron chi connectivity index (χ2n) is 7.43. The molecule has 0 atom stereocenters. The molecule has 4 aromatic rings. The first-order chi connectivity index (χ1) is 15.6. The normalized spacial score (nSPS) is 11.0. The lowest BCUT2D eigenvalue weighted by Crippen LogP contribution is -2.11. The summed E-state index contributed by atoms with van der Waals surface area (Å²) in [5, 5.41) is 0.624. The van der Waals surface area contributed by atoms with Crippen LogP contribution in [-0.4, -0.2) is 12.1 Å². The molecule has 0 bridgehead atoms. The highest BCUT2D eigenvalue weighted by Gasteiger charge is 2.19. The van der Waals surface area contributed by atoms with Crippen molar-refractivity contribution in [3.8, 4) is 5.75 Å². The predicted molar refractivity (Wildman–Crippen MR) is 131 cm³/mol. The third kappa shape index (κ3) is 5.13. The molecule has 2 N–H and O–H groups in total. The van der Waals surface area contributed by atoms with Crippen LogP contribution < -0.4 is 10.5 Å². The number of amides is 1. The molecule has 3 aromatic carbocycles. The largest absolute Gasteiger partial charge is 0.488 e. The predicted octanol–water partition coefficient (Wildman–Crippen LogP) is 6.08. The van der Waals surface area contributed by atoms with E-state index >= 15 is 0 Å². The molecule has 1 heterocycles. The Morgan fingerprint density at radius 1 is 0.938 bits per heavy atom. The van der Waals surface area contributed by atoms with Crippen molar-refractivity contribution in [2.24, 2.45) is 10.7 Å². The third-order valence-electron chi connectivity index (χ3n) is 5.16. The van der Waals surface area contributed by atoms with Gasteiger partial charge in [0.2, 0.25) is 0 Å². The van der Waals surface area contributed by atoms with Crippen LogP contribution in [0.1, 0.15) is 37.5 Å². The van der Waals surface area contributed by atoms with Crippen LogP contribution in [0.25, 0.3) is 0 Å². The summed E-state index contributed by atoms with van der Waals surface area (Å²) in [5.74, 6) is 0.275. The molecular formula is C27H24N2O2S. The first-order valence-corrected chi connectivity index (χ1v) is 11.2. The lowest BCUT2D eigenvalue weighted by molar-refractivity contribution is 0.100. The van der Waals surface area contributed by atoms with Crippen molar-refractivity contribution in [3.63, 3.8) is 0 Å². The minimum absolute atomic E-state index is 0.459. The third-order valence-corrected chi connectivity index (χ3v) is 6.36. The average Bonchev–Trinajstić information content (AvgIpc) is 3.13. The molecule has 4 nitrogen and oxygen atoms in total. The van der Waals surface area contributed by atoms with Crippen LogP contribution in [0.5, 0.6) is 5.75 Å². The zero-order valence-electron chi connectivity index (χ0n) is 17.8. The van der Waals surface area contributed by atoms with Gasteiger partial charge in [-0.15, -0.1) is 11.3 Å². The topological polar surface area (TPSA) is 64.7 Å². The number of ether oxygens (including phenoxy) is 1. The second kappa shape index (κ2) is 10.1. The minimum atomic E-state index is -0.459. The van der Waals surface area contributed by atoms with Gasteiger partial charge in [0, 0.05) is 23.1 Å². The van der Waals surface area contributed by atoms with Crippen molar-refractivity contribution in [3.05, 3.63) is 118 Å². The summed E-state index contributed by atoms with van der Waals surface area (Å²) in [4.78, 5) is 17.9. The Labute approximate surface area is 192 Å². The van der Waals surface area contributed by atoms with Gasteiger partial charge < -0.3 is 10.5 Å². The molecule has 0 radical (unpaired) electrons. The van der Waals surface area contributed by atoms with Gasteiger partial charge in [-0.25, -0.2) is 4.99 Å². The molecule has 0 aliphatic carbocycles. The molecule has 4 rings (SSSR count). The van der Waals surface area contributed by atoms with Crippen molar-refractivity contribution in [2.75, 3.05) is 0 Å². The van der Waals surface area contributed by atoms with Crippen LogP contribution in [0.3, 0.4) is 0 Å². The number of carbonyl (C=O) groups excluding carboxylic acids is 1. The van der Waals surface area contributed by atoms with E-state index < -0.39 is 5.91 Å². The zero-order valence-corrected chi connectivity index (χ0v) is 18.6. The highest BCUT2D eigenvalue weighted by Crippen LogP contribution is 2.36. The Balaban J connectivity index is 1.59. The summed E-state index contributed by atoms with van der Waals surface area (Å²) in [6.45, 7) is 2.41. The van der Waals surface area contributed by atoms with Crippen molar-refractivity contribution in [1.82, 2.24) is 0 Å². The van der Waals surface area contributed by atoms with Crippen LogP contribution in [0.2, 0.25) is 0 Å². The van der Waals surface area contributed by atoms with E-state index in [4.69, 9.17) is 10.5 Å². The number of para-hydroxylation sites is 1. The van der Waals surface area contributed by atoms with Gasteiger partial charge in [-0.1, -0.05) is 72.8 Å². The van der Waals surface area contributed by atoms with E-state index in [2.05, 4.69) is 17.1 Å². The summed E-state index contributed by atoms with van der Waals surface area (Å²) in [6, 6.07) is 27.9. The van der Waals surface area contributed by atoms with Gasteiger partial charge in [0.05, 0.1) is 5.56 Å². The lowest BCUT2D eigenvalue weighted by atomic mass is 10.1. The fourth-order valence-corrected chi connectivity index (χ4v) is 4.65. The van der Waals surface area contributed by atoms with Gasteiger partial charge in [-0.05, 0) is 35.7 Å². The standard InChI is InChI=1S/C27H24N2O2S/c1-19-24(16-20-10-4-2-5-11-20)32-27(25(19)26(28)30)29-17-22-14-8-9-15-23(22)31-18-21-12-6-3-7-13-21/h2-15,17H,16,18H2,1H3,(H2,28,30)/b29-17+. The number of nitrogens with two attached hydrogens (primary N) is 1. The molecule has 1 aromatic heterocycles. The number of rotatable bonds is 8. The fourth-order valence-electron chi connectivity index (χ4n) is 3.46. The Morgan fingerprint density at radius 2 is 1.56 bits per heavy atom. The molecule has 0 fully saturated rings. The molecule has 1 amide bonds. The smallest absolute Gasteiger partial charge is 0.252 e. The summed E-state index contributed by atoms with van der Waals surface area (Å²) in [6.07, 6.45) is 2.48. The van der Waals surface area contributed by atoms with E-state index in [1.807, 2.05) is 79.7 Å². The molecule has 160 valence electrons. The first kappa shape index (κ1) is 21.5. The summed E-state index contributed by atoms with van der Waals surface area (Å²) in [7, 11) is 0. The zero-order chi connectivity index (χ0) is 22.3. The molecule has 0 saturated carbocycles. The van der Waals surface area contributed by atoms with Gasteiger partial charge in [0.1, 0.15) is 17.4 Å². The van der Waals surface area contributed by atoms with Crippen LogP contribution in [0, 0.1) is 6.92 Å². The highest BCUT2D eigenvalue weighted by atomic mass is 32.1. The Bertz CT molecular complexity index is 1230. The van der Waals surface area contributed by atoms with E-state index in [0.29, 0.717) is 17.2 Å². The lowest BCUT2D eigenvalue weighted by Gasteiger charge is -2.08.